The Morgan fingerprint density at radius 2 is 2.28 bits per heavy atom. The molecule has 1 aromatic heterocycles. The molecule has 1 unspecified atom stereocenters. The Kier molecular flexibility index (Phi) is 4.30. The largest absolute Gasteiger partial charge is 0.367 e. The number of aromatic nitrogens is 2. The van der Waals surface area contributed by atoms with Crippen molar-refractivity contribution in [1.29, 1.82) is 0 Å². The van der Waals surface area contributed by atoms with E-state index >= 15 is 0 Å². The van der Waals surface area contributed by atoms with Gasteiger partial charge in [0.05, 0.1) is 5.69 Å². The molecule has 0 aromatic carbocycles. The fourth-order valence-electron chi connectivity index (χ4n) is 2.17. The first kappa shape index (κ1) is 13.4. The normalized spacial score (nSPS) is 24.4. The summed E-state index contributed by atoms with van der Waals surface area (Å²) in [6.45, 7) is 7.96. The van der Waals surface area contributed by atoms with Gasteiger partial charge in [-0.05, 0) is 32.3 Å². The fourth-order valence-corrected chi connectivity index (χ4v) is 2.17. The summed E-state index contributed by atoms with van der Waals surface area (Å²) in [5.74, 6) is 0.824. The van der Waals surface area contributed by atoms with Crippen LogP contribution in [0.4, 0.5) is 0 Å². The highest BCUT2D eigenvalue weighted by molar-refractivity contribution is 5.08. The second kappa shape index (κ2) is 5.76. The van der Waals surface area contributed by atoms with Crippen LogP contribution in [0, 0.1) is 0 Å². The molecule has 0 aliphatic carbocycles. The molecule has 0 amide bonds. The van der Waals surface area contributed by atoms with Gasteiger partial charge in [0, 0.05) is 25.4 Å². The average molecular weight is 249 g/mol. The van der Waals surface area contributed by atoms with Crippen molar-refractivity contribution in [1.82, 2.24) is 15.3 Å². The van der Waals surface area contributed by atoms with Crippen molar-refractivity contribution in [3.05, 3.63) is 23.8 Å². The maximum atomic E-state index is 5.89. The minimum atomic E-state index is -0.300. The Balaban J connectivity index is 2.10. The Morgan fingerprint density at radius 3 is 2.94 bits per heavy atom. The van der Waals surface area contributed by atoms with Crippen LogP contribution in [-0.2, 0) is 16.9 Å². The molecule has 1 aromatic rings. The van der Waals surface area contributed by atoms with E-state index < -0.39 is 0 Å². The lowest BCUT2D eigenvalue weighted by Crippen LogP contribution is -2.33. The number of hydrogen-bond acceptors (Lipinski definition) is 4. The fraction of sp³-hybridized carbons (Fsp3) is 0.714. The van der Waals surface area contributed by atoms with Crippen molar-refractivity contribution >= 4 is 0 Å². The summed E-state index contributed by atoms with van der Waals surface area (Å²) < 4.78 is 5.89. The monoisotopic (exact) mass is 249 g/mol. The first-order valence-electron chi connectivity index (χ1n) is 6.80. The van der Waals surface area contributed by atoms with E-state index in [0.717, 1.165) is 37.5 Å². The molecule has 100 valence electrons. The van der Waals surface area contributed by atoms with Gasteiger partial charge in [0.2, 0.25) is 0 Å². The molecular weight excluding hydrogens is 226 g/mol. The molecule has 1 fully saturated rings. The molecule has 0 saturated carbocycles. The van der Waals surface area contributed by atoms with Gasteiger partial charge in [0.15, 0.2) is 5.82 Å². The zero-order valence-electron chi connectivity index (χ0n) is 11.6. The molecule has 1 saturated heterocycles. The maximum Gasteiger partial charge on any atom is 0.160 e. The number of nitrogens with one attached hydrogen (secondary N) is 1. The van der Waals surface area contributed by atoms with Crippen LogP contribution >= 0.6 is 0 Å². The Labute approximate surface area is 109 Å². The van der Waals surface area contributed by atoms with Crippen LogP contribution < -0.4 is 5.32 Å². The Bertz CT molecular complexity index is 386. The van der Waals surface area contributed by atoms with Crippen molar-refractivity contribution in [2.45, 2.75) is 58.2 Å². The van der Waals surface area contributed by atoms with E-state index in [-0.39, 0.29) is 5.60 Å². The van der Waals surface area contributed by atoms with E-state index in [0.29, 0.717) is 6.04 Å². The molecule has 0 bridgehead atoms. The summed E-state index contributed by atoms with van der Waals surface area (Å²) in [5, 5.41) is 3.37. The number of ether oxygens (including phenoxy) is 1. The lowest BCUT2D eigenvalue weighted by atomic mass is 9.95. The quantitative estimate of drug-likeness (QED) is 0.890. The van der Waals surface area contributed by atoms with Crippen LogP contribution in [0.5, 0.6) is 0 Å². The molecule has 4 heteroatoms. The number of nitrogens with zero attached hydrogens (tertiary/aromatic N) is 2. The minimum Gasteiger partial charge on any atom is -0.367 e. The van der Waals surface area contributed by atoms with Crippen molar-refractivity contribution < 1.29 is 4.74 Å². The van der Waals surface area contributed by atoms with Crippen molar-refractivity contribution in [2.24, 2.45) is 0 Å². The second-order valence-corrected chi connectivity index (χ2v) is 5.44. The standard InChI is InChI=1S/C14H23N3O/c1-11(2)16-10-12-6-8-15-13(17-12)14(3)7-4-5-9-18-14/h6,8,11,16H,4-5,7,9-10H2,1-3H3. The van der Waals surface area contributed by atoms with E-state index in [4.69, 9.17) is 4.74 Å². The molecule has 1 N–H and O–H groups in total. The summed E-state index contributed by atoms with van der Waals surface area (Å²) in [6, 6.07) is 2.43. The zero-order chi connectivity index (χ0) is 13.0. The van der Waals surface area contributed by atoms with Gasteiger partial charge < -0.3 is 10.1 Å². The highest BCUT2D eigenvalue weighted by Gasteiger charge is 2.32. The summed E-state index contributed by atoms with van der Waals surface area (Å²) in [4.78, 5) is 9.04. The summed E-state index contributed by atoms with van der Waals surface area (Å²) in [5.41, 5.74) is 0.732. The van der Waals surface area contributed by atoms with E-state index in [1.165, 1.54) is 6.42 Å². The summed E-state index contributed by atoms with van der Waals surface area (Å²) in [6.07, 6.45) is 5.18. The van der Waals surface area contributed by atoms with Gasteiger partial charge in [0.25, 0.3) is 0 Å². The van der Waals surface area contributed by atoms with Gasteiger partial charge >= 0.3 is 0 Å². The first-order valence-corrected chi connectivity index (χ1v) is 6.80. The van der Waals surface area contributed by atoms with Crippen LogP contribution in [-0.4, -0.2) is 22.6 Å². The predicted octanol–water partition coefficient (Wildman–Crippen LogP) is 2.39. The van der Waals surface area contributed by atoms with Gasteiger partial charge in [0.1, 0.15) is 5.60 Å². The third-order valence-electron chi connectivity index (χ3n) is 3.35. The third-order valence-corrected chi connectivity index (χ3v) is 3.35. The molecule has 18 heavy (non-hydrogen) atoms. The van der Waals surface area contributed by atoms with E-state index in [1.807, 2.05) is 12.3 Å². The molecule has 0 radical (unpaired) electrons. The smallest absolute Gasteiger partial charge is 0.160 e. The lowest BCUT2D eigenvalue weighted by Gasteiger charge is -2.32. The molecule has 0 spiro atoms. The molecule has 2 heterocycles. The van der Waals surface area contributed by atoms with Crippen molar-refractivity contribution in [3.8, 4) is 0 Å². The molecule has 2 rings (SSSR count). The van der Waals surface area contributed by atoms with Crippen LogP contribution in [0.15, 0.2) is 12.3 Å². The summed E-state index contributed by atoms with van der Waals surface area (Å²) >= 11 is 0. The Hall–Kier alpha value is -1.00. The van der Waals surface area contributed by atoms with Crippen molar-refractivity contribution in [2.75, 3.05) is 6.61 Å². The highest BCUT2D eigenvalue weighted by atomic mass is 16.5. The zero-order valence-corrected chi connectivity index (χ0v) is 11.6. The van der Waals surface area contributed by atoms with Gasteiger partial charge in [-0.1, -0.05) is 13.8 Å². The average Bonchev–Trinajstić information content (AvgIpc) is 2.38. The molecule has 1 aliphatic rings. The Morgan fingerprint density at radius 1 is 1.44 bits per heavy atom. The minimum absolute atomic E-state index is 0.300. The van der Waals surface area contributed by atoms with Crippen LogP contribution in [0.2, 0.25) is 0 Å². The van der Waals surface area contributed by atoms with E-state index in [1.54, 1.807) is 0 Å². The summed E-state index contributed by atoms with van der Waals surface area (Å²) in [7, 11) is 0. The lowest BCUT2D eigenvalue weighted by molar-refractivity contribution is -0.0761. The molecular formula is C14H23N3O. The first-order chi connectivity index (χ1) is 8.60. The molecule has 1 atom stereocenters. The van der Waals surface area contributed by atoms with E-state index in [2.05, 4.69) is 36.1 Å². The van der Waals surface area contributed by atoms with Gasteiger partial charge in [-0.3, -0.25) is 0 Å². The highest BCUT2D eigenvalue weighted by Crippen LogP contribution is 2.32. The number of hydrogen-bond donors (Lipinski definition) is 1. The van der Waals surface area contributed by atoms with E-state index in [9.17, 15) is 0 Å². The second-order valence-electron chi connectivity index (χ2n) is 5.44. The third kappa shape index (κ3) is 3.27. The SMILES string of the molecule is CC(C)NCc1ccnc(C2(C)CCCCO2)n1. The molecule has 1 aliphatic heterocycles. The molecule has 4 nitrogen and oxygen atoms in total. The van der Waals surface area contributed by atoms with Crippen LogP contribution in [0.3, 0.4) is 0 Å². The van der Waals surface area contributed by atoms with Gasteiger partial charge in [-0.25, -0.2) is 9.97 Å². The maximum absolute atomic E-state index is 5.89. The number of rotatable bonds is 4. The topological polar surface area (TPSA) is 47.0 Å². The van der Waals surface area contributed by atoms with Crippen molar-refractivity contribution in [3.63, 3.8) is 0 Å². The van der Waals surface area contributed by atoms with Crippen LogP contribution in [0.1, 0.15) is 51.6 Å². The van der Waals surface area contributed by atoms with Crippen LogP contribution in [0.25, 0.3) is 0 Å². The van der Waals surface area contributed by atoms with Gasteiger partial charge in [-0.2, -0.15) is 0 Å². The van der Waals surface area contributed by atoms with Gasteiger partial charge in [-0.15, -0.1) is 0 Å². The predicted molar refractivity (Wildman–Crippen MR) is 71.2 cm³/mol.